The fraction of sp³-hybridized carbons (Fsp3) is 0.714. The first-order chi connectivity index (χ1) is 4.95. The highest BCUT2D eigenvalue weighted by Crippen LogP contribution is 2.27. The van der Waals surface area contributed by atoms with E-state index in [1.54, 1.807) is 6.33 Å². The van der Waals surface area contributed by atoms with Crippen molar-refractivity contribution in [2.24, 2.45) is 5.92 Å². The number of rotatable bonds is 2. The third-order valence-electron chi connectivity index (χ3n) is 2.10. The zero-order chi connectivity index (χ0) is 6.81. The largest absolute Gasteiger partial charge is 0.311 e. The molecule has 3 nitrogen and oxygen atoms in total. The van der Waals surface area contributed by atoms with Gasteiger partial charge in [0.1, 0.15) is 6.33 Å². The van der Waals surface area contributed by atoms with Crippen LogP contribution in [0.25, 0.3) is 0 Å². The van der Waals surface area contributed by atoms with Crippen LogP contribution in [0.5, 0.6) is 0 Å². The number of hydrogen-bond donors (Lipinski definition) is 0. The fourth-order valence-electron chi connectivity index (χ4n) is 1.24. The van der Waals surface area contributed by atoms with Crippen LogP contribution in [0.3, 0.4) is 0 Å². The highest BCUT2D eigenvalue weighted by atomic mass is 15.2. The molecule has 10 heavy (non-hydrogen) atoms. The summed E-state index contributed by atoms with van der Waals surface area (Å²) < 4.78 is 1.93. The van der Waals surface area contributed by atoms with Gasteiger partial charge < -0.3 is 4.57 Å². The summed E-state index contributed by atoms with van der Waals surface area (Å²) in [5.41, 5.74) is 0. The van der Waals surface area contributed by atoms with Crippen molar-refractivity contribution < 1.29 is 0 Å². The molecule has 53 valence electrons. The Balaban J connectivity index is 1.90. The van der Waals surface area contributed by atoms with Crippen molar-refractivity contribution >= 4 is 0 Å². The maximum absolute atomic E-state index is 3.69. The number of hydrogen-bond acceptors (Lipinski definition) is 2. The summed E-state index contributed by atoms with van der Waals surface area (Å²) in [4.78, 5) is 0. The Bertz CT molecular complexity index is 189. The van der Waals surface area contributed by atoms with Gasteiger partial charge >= 0.3 is 0 Å². The van der Waals surface area contributed by atoms with E-state index in [-0.39, 0.29) is 0 Å². The second kappa shape index (κ2) is 2.40. The summed E-state index contributed by atoms with van der Waals surface area (Å²) in [5, 5.41) is 7.31. The van der Waals surface area contributed by atoms with E-state index in [0.717, 1.165) is 12.5 Å². The van der Waals surface area contributed by atoms with Gasteiger partial charge in [-0.1, -0.05) is 6.42 Å². The smallest absolute Gasteiger partial charge is 0.201 e. The second-order valence-corrected chi connectivity index (χ2v) is 2.88. The highest BCUT2D eigenvalue weighted by Gasteiger charge is 2.17. The van der Waals surface area contributed by atoms with Crippen LogP contribution in [-0.4, -0.2) is 14.8 Å². The first-order valence-electron chi connectivity index (χ1n) is 3.70. The summed E-state index contributed by atoms with van der Waals surface area (Å²) in [7, 11) is 0. The van der Waals surface area contributed by atoms with E-state index in [1.807, 2.05) is 4.57 Å². The molecule has 1 aromatic heterocycles. The molecule has 0 amide bonds. The van der Waals surface area contributed by atoms with Gasteiger partial charge in [0.25, 0.3) is 0 Å². The Morgan fingerprint density at radius 1 is 1.60 bits per heavy atom. The van der Waals surface area contributed by atoms with Gasteiger partial charge in [0, 0.05) is 6.54 Å². The molecule has 0 atom stereocenters. The molecule has 2 rings (SSSR count). The molecule has 0 bridgehead atoms. The summed E-state index contributed by atoms with van der Waals surface area (Å²) >= 11 is 0. The average Bonchev–Trinajstić information content (AvgIpc) is 2.29. The van der Waals surface area contributed by atoms with E-state index < -0.39 is 0 Å². The van der Waals surface area contributed by atoms with Crippen LogP contribution in [0, 0.1) is 12.2 Å². The predicted octanol–water partition coefficient (Wildman–Crippen LogP) is 0.878. The van der Waals surface area contributed by atoms with Crippen LogP contribution in [0.4, 0.5) is 0 Å². The van der Waals surface area contributed by atoms with Crippen LogP contribution in [0.2, 0.25) is 0 Å². The lowest BCUT2D eigenvalue weighted by Crippen LogP contribution is -2.17. The van der Waals surface area contributed by atoms with Crippen molar-refractivity contribution in [2.75, 3.05) is 0 Å². The van der Waals surface area contributed by atoms with Gasteiger partial charge in [0.15, 0.2) is 0 Å². The monoisotopic (exact) mass is 136 g/mol. The lowest BCUT2D eigenvalue weighted by Gasteiger charge is -2.24. The first-order valence-corrected chi connectivity index (χ1v) is 3.70. The van der Waals surface area contributed by atoms with E-state index in [1.165, 1.54) is 19.3 Å². The molecule has 0 N–H and O–H groups in total. The molecule has 1 aliphatic rings. The Labute approximate surface area is 60.1 Å². The Kier molecular flexibility index (Phi) is 1.42. The molecule has 1 aliphatic carbocycles. The summed E-state index contributed by atoms with van der Waals surface area (Å²) in [5.74, 6) is 0.868. The molecule has 1 saturated carbocycles. The standard InChI is InChI=1S/C7H10N3/c1-2-7(3-1)4-10-5-8-9-6-10/h5,7H,1-4H2. The predicted molar refractivity (Wildman–Crippen MR) is 36.2 cm³/mol. The highest BCUT2D eigenvalue weighted by molar-refractivity contribution is 4.71. The fourth-order valence-corrected chi connectivity index (χ4v) is 1.24. The molecule has 1 radical (unpaired) electrons. The summed E-state index contributed by atoms with van der Waals surface area (Å²) in [6, 6.07) is 0. The van der Waals surface area contributed by atoms with Crippen LogP contribution in [0.1, 0.15) is 19.3 Å². The molecular weight excluding hydrogens is 126 g/mol. The molecule has 0 saturated heterocycles. The van der Waals surface area contributed by atoms with Crippen LogP contribution >= 0.6 is 0 Å². The second-order valence-electron chi connectivity index (χ2n) is 2.88. The van der Waals surface area contributed by atoms with Crippen LogP contribution < -0.4 is 0 Å². The minimum Gasteiger partial charge on any atom is -0.311 e. The maximum atomic E-state index is 3.69. The van der Waals surface area contributed by atoms with Crippen molar-refractivity contribution in [1.29, 1.82) is 0 Å². The SMILES string of the molecule is [c]1nncn1CC1CCC1. The van der Waals surface area contributed by atoms with E-state index in [9.17, 15) is 0 Å². The van der Waals surface area contributed by atoms with Crippen molar-refractivity contribution in [1.82, 2.24) is 14.8 Å². The van der Waals surface area contributed by atoms with E-state index in [0.29, 0.717) is 0 Å². The number of nitrogens with zero attached hydrogens (tertiary/aromatic N) is 3. The van der Waals surface area contributed by atoms with Gasteiger partial charge in [-0.05, 0) is 18.8 Å². The molecular formula is C7H10N3. The van der Waals surface area contributed by atoms with Gasteiger partial charge in [-0.3, -0.25) is 0 Å². The quantitative estimate of drug-likeness (QED) is 0.604. The Morgan fingerprint density at radius 2 is 2.50 bits per heavy atom. The lowest BCUT2D eigenvalue weighted by atomic mass is 9.85. The average molecular weight is 136 g/mol. The molecule has 1 heterocycles. The topological polar surface area (TPSA) is 30.7 Å². The van der Waals surface area contributed by atoms with Gasteiger partial charge in [-0.25, -0.2) is 0 Å². The van der Waals surface area contributed by atoms with Crippen molar-refractivity contribution in [3.8, 4) is 0 Å². The normalized spacial score (nSPS) is 18.8. The Morgan fingerprint density at radius 3 is 3.00 bits per heavy atom. The van der Waals surface area contributed by atoms with Crippen molar-refractivity contribution in [3.05, 3.63) is 12.7 Å². The van der Waals surface area contributed by atoms with E-state index >= 15 is 0 Å². The van der Waals surface area contributed by atoms with E-state index in [2.05, 4.69) is 16.5 Å². The maximum Gasteiger partial charge on any atom is 0.201 e. The molecule has 0 aliphatic heterocycles. The third kappa shape index (κ3) is 1.03. The van der Waals surface area contributed by atoms with Crippen LogP contribution in [-0.2, 0) is 6.54 Å². The zero-order valence-corrected chi connectivity index (χ0v) is 5.82. The summed E-state index contributed by atoms with van der Waals surface area (Å²) in [6.07, 6.45) is 8.66. The van der Waals surface area contributed by atoms with Crippen molar-refractivity contribution in [2.45, 2.75) is 25.8 Å². The lowest BCUT2D eigenvalue weighted by molar-refractivity contribution is 0.275. The van der Waals surface area contributed by atoms with Gasteiger partial charge in [-0.2, -0.15) is 0 Å². The molecule has 3 heteroatoms. The van der Waals surface area contributed by atoms with Crippen LogP contribution in [0.15, 0.2) is 6.33 Å². The van der Waals surface area contributed by atoms with E-state index in [4.69, 9.17) is 0 Å². The first kappa shape index (κ1) is 5.89. The van der Waals surface area contributed by atoms with Crippen molar-refractivity contribution in [3.63, 3.8) is 0 Å². The minimum absolute atomic E-state index is 0.868. The molecule has 0 aromatic carbocycles. The van der Waals surface area contributed by atoms with Gasteiger partial charge in [0.2, 0.25) is 6.33 Å². The minimum atomic E-state index is 0.868. The number of aromatic nitrogens is 3. The molecule has 0 unspecified atom stereocenters. The summed E-state index contributed by atoms with van der Waals surface area (Å²) in [6.45, 7) is 1.06. The van der Waals surface area contributed by atoms with Gasteiger partial charge in [-0.15, -0.1) is 10.2 Å². The third-order valence-corrected chi connectivity index (χ3v) is 2.10. The Hall–Kier alpha value is -0.860. The molecule has 0 spiro atoms. The molecule has 1 fully saturated rings. The zero-order valence-electron chi connectivity index (χ0n) is 5.82. The molecule has 1 aromatic rings. The van der Waals surface area contributed by atoms with Gasteiger partial charge in [0.05, 0.1) is 0 Å².